The van der Waals surface area contributed by atoms with Crippen molar-refractivity contribution in [1.82, 2.24) is 10.2 Å². The maximum atomic E-state index is 5.54. The van der Waals surface area contributed by atoms with Gasteiger partial charge in [0.25, 0.3) is 0 Å². The zero-order valence-corrected chi connectivity index (χ0v) is 10.5. The third-order valence-corrected chi connectivity index (χ3v) is 4.73. The third-order valence-electron chi connectivity index (χ3n) is 4.73. The van der Waals surface area contributed by atoms with Gasteiger partial charge in [0, 0.05) is 37.3 Å². The number of nitrogens with one attached hydrogen (secondary N) is 1. The minimum absolute atomic E-state index is 0.370. The Morgan fingerprint density at radius 2 is 2.12 bits per heavy atom. The number of ether oxygens (including phenoxy) is 1. The van der Waals surface area contributed by atoms with Gasteiger partial charge in [-0.1, -0.05) is 0 Å². The molecular weight excluding hydrogens is 200 g/mol. The second-order valence-corrected chi connectivity index (χ2v) is 6.11. The Hall–Kier alpha value is -0.120. The van der Waals surface area contributed by atoms with Crippen molar-refractivity contribution in [3.63, 3.8) is 0 Å². The van der Waals surface area contributed by atoms with Gasteiger partial charge in [0.2, 0.25) is 0 Å². The molecule has 1 N–H and O–H groups in total. The van der Waals surface area contributed by atoms with E-state index >= 15 is 0 Å². The highest BCUT2D eigenvalue weighted by molar-refractivity contribution is 5.04. The summed E-state index contributed by atoms with van der Waals surface area (Å²) >= 11 is 0. The summed E-state index contributed by atoms with van der Waals surface area (Å²) in [5.41, 5.74) is 0.370. The first-order valence-corrected chi connectivity index (χ1v) is 6.77. The van der Waals surface area contributed by atoms with Crippen LogP contribution in [-0.4, -0.2) is 48.8 Å². The van der Waals surface area contributed by atoms with E-state index in [-0.39, 0.29) is 0 Å². The van der Waals surface area contributed by atoms with Gasteiger partial charge in [-0.25, -0.2) is 0 Å². The number of hydrogen-bond donors (Lipinski definition) is 1. The molecular formula is C13H24N2O. The molecule has 0 amide bonds. The summed E-state index contributed by atoms with van der Waals surface area (Å²) in [6, 6.07) is 1.34. The van der Waals surface area contributed by atoms with Crippen LogP contribution in [0, 0.1) is 5.92 Å². The summed E-state index contributed by atoms with van der Waals surface area (Å²) < 4.78 is 5.54. The van der Waals surface area contributed by atoms with Crippen molar-refractivity contribution in [2.75, 3.05) is 26.3 Å². The molecule has 2 saturated heterocycles. The average Bonchev–Trinajstić information content (AvgIpc) is 3.00. The molecule has 3 atom stereocenters. The van der Waals surface area contributed by atoms with Gasteiger partial charge in [0.1, 0.15) is 0 Å². The van der Waals surface area contributed by atoms with Crippen LogP contribution in [0.1, 0.15) is 33.1 Å². The molecule has 1 saturated carbocycles. The Labute approximate surface area is 98.5 Å². The summed E-state index contributed by atoms with van der Waals surface area (Å²) in [5, 5.41) is 3.78. The van der Waals surface area contributed by atoms with Crippen LogP contribution in [0.25, 0.3) is 0 Å². The van der Waals surface area contributed by atoms with Gasteiger partial charge in [-0.05, 0) is 39.0 Å². The molecule has 3 rings (SSSR count). The second kappa shape index (κ2) is 3.97. The molecule has 3 nitrogen and oxygen atoms in total. The second-order valence-electron chi connectivity index (χ2n) is 6.11. The topological polar surface area (TPSA) is 24.5 Å². The standard InChI is InChI=1S/C13H24N2O/c1-10-7-14-13(2,11-3-4-11)9-15(10)12-5-6-16-8-12/h10-12,14H,3-9H2,1-2H3. The van der Waals surface area contributed by atoms with Gasteiger partial charge in [0.05, 0.1) is 6.61 Å². The molecule has 0 spiro atoms. The molecule has 3 unspecified atom stereocenters. The number of nitrogens with zero attached hydrogens (tertiary/aromatic N) is 1. The first kappa shape index (κ1) is 11.0. The monoisotopic (exact) mass is 224 g/mol. The van der Waals surface area contributed by atoms with Crippen molar-refractivity contribution in [3.8, 4) is 0 Å². The van der Waals surface area contributed by atoms with Crippen LogP contribution in [0.15, 0.2) is 0 Å². The predicted molar refractivity (Wildman–Crippen MR) is 64.5 cm³/mol. The van der Waals surface area contributed by atoms with Crippen molar-refractivity contribution >= 4 is 0 Å². The van der Waals surface area contributed by atoms with Crippen molar-refractivity contribution in [2.45, 2.75) is 50.7 Å². The molecule has 3 heteroatoms. The van der Waals surface area contributed by atoms with E-state index in [2.05, 4.69) is 24.1 Å². The zero-order valence-electron chi connectivity index (χ0n) is 10.5. The molecule has 16 heavy (non-hydrogen) atoms. The Balaban J connectivity index is 1.70. The fourth-order valence-electron chi connectivity index (χ4n) is 3.36. The van der Waals surface area contributed by atoms with Crippen LogP contribution in [0.2, 0.25) is 0 Å². The van der Waals surface area contributed by atoms with Crippen LogP contribution in [0.5, 0.6) is 0 Å². The number of piperazine rings is 1. The molecule has 1 aliphatic carbocycles. The van der Waals surface area contributed by atoms with Gasteiger partial charge in [0.15, 0.2) is 0 Å². The first-order valence-electron chi connectivity index (χ1n) is 6.77. The van der Waals surface area contributed by atoms with Crippen LogP contribution >= 0.6 is 0 Å². The van der Waals surface area contributed by atoms with E-state index in [1.54, 1.807) is 0 Å². The van der Waals surface area contributed by atoms with E-state index in [0.29, 0.717) is 17.6 Å². The fraction of sp³-hybridized carbons (Fsp3) is 1.00. The quantitative estimate of drug-likeness (QED) is 0.764. The summed E-state index contributed by atoms with van der Waals surface area (Å²) in [6.07, 6.45) is 4.07. The Morgan fingerprint density at radius 1 is 1.31 bits per heavy atom. The van der Waals surface area contributed by atoms with Crippen LogP contribution < -0.4 is 5.32 Å². The molecule has 0 radical (unpaired) electrons. The largest absolute Gasteiger partial charge is 0.380 e. The molecule has 3 aliphatic rings. The van der Waals surface area contributed by atoms with Gasteiger partial charge in [-0.15, -0.1) is 0 Å². The molecule has 92 valence electrons. The lowest BCUT2D eigenvalue weighted by atomic mass is 9.90. The Morgan fingerprint density at radius 3 is 2.75 bits per heavy atom. The van der Waals surface area contributed by atoms with E-state index < -0.39 is 0 Å². The lowest BCUT2D eigenvalue weighted by Gasteiger charge is -2.47. The summed E-state index contributed by atoms with van der Waals surface area (Å²) in [6.45, 7) is 9.03. The lowest BCUT2D eigenvalue weighted by Crippen LogP contribution is -2.65. The molecule has 3 fully saturated rings. The molecule has 0 bridgehead atoms. The Bertz CT molecular complexity index is 261. The van der Waals surface area contributed by atoms with Crippen molar-refractivity contribution in [3.05, 3.63) is 0 Å². The van der Waals surface area contributed by atoms with E-state index in [4.69, 9.17) is 4.74 Å². The average molecular weight is 224 g/mol. The van der Waals surface area contributed by atoms with Gasteiger partial charge in [-0.3, -0.25) is 4.90 Å². The fourth-order valence-corrected chi connectivity index (χ4v) is 3.36. The van der Waals surface area contributed by atoms with Gasteiger partial charge >= 0.3 is 0 Å². The normalized spacial score (nSPS) is 46.1. The lowest BCUT2D eigenvalue weighted by molar-refractivity contribution is 0.0401. The molecule has 0 aromatic rings. The van der Waals surface area contributed by atoms with Crippen molar-refractivity contribution in [1.29, 1.82) is 0 Å². The molecule has 0 aromatic carbocycles. The SMILES string of the molecule is CC1CNC(C)(C2CC2)CN1C1CCOC1. The Kier molecular flexibility index (Phi) is 2.73. The maximum absolute atomic E-state index is 5.54. The smallest absolute Gasteiger partial charge is 0.0622 e. The summed E-state index contributed by atoms with van der Waals surface area (Å²) in [5.74, 6) is 0.921. The minimum Gasteiger partial charge on any atom is -0.380 e. The van der Waals surface area contributed by atoms with Crippen LogP contribution in [0.4, 0.5) is 0 Å². The van der Waals surface area contributed by atoms with E-state index in [0.717, 1.165) is 25.7 Å². The predicted octanol–water partition coefficient (Wildman–Crippen LogP) is 1.24. The van der Waals surface area contributed by atoms with Crippen LogP contribution in [0.3, 0.4) is 0 Å². The van der Waals surface area contributed by atoms with Gasteiger partial charge in [-0.2, -0.15) is 0 Å². The minimum atomic E-state index is 0.370. The van der Waals surface area contributed by atoms with E-state index in [9.17, 15) is 0 Å². The van der Waals surface area contributed by atoms with E-state index in [1.165, 1.54) is 25.8 Å². The highest BCUT2D eigenvalue weighted by atomic mass is 16.5. The van der Waals surface area contributed by atoms with E-state index in [1.807, 2.05) is 0 Å². The first-order chi connectivity index (χ1) is 7.69. The third kappa shape index (κ3) is 1.89. The number of hydrogen-bond acceptors (Lipinski definition) is 3. The highest BCUT2D eigenvalue weighted by Crippen LogP contribution is 2.41. The zero-order chi connectivity index (χ0) is 11.2. The molecule has 0 aromatic heterocycles. The van der Waals surface area contributed by atoms with Crippen LogP contribution in [-0.2, 0) is 4.74 Å². The molecule has 2 heterocycles. The number of rotatable bonds is 2. The summed E-state index contributed by atoms with van der Waals surface area (Å²) in [4.78, 5) is 2.70. The van der Waals surface area contributed by atoms with Crippen molar-refractivity contribution < 1.29 is 4.74 Å². The van der Waals surface area contributed by atoms with Gasteiger partial charge < -0.3 is 10.1 Å². The van der Waals surface area contributed by atoms with Crippen molar-refractivity contribution in [2.24, 2.45) is 5.92 Å². The maximum Gasteiger partial charge on any atom is 0.0622 e. The molecule has 2 aliphatic heterocycles. The summed E-state index contributed by atoms with van der Waals surface area (Å²) in [7, 11) is 0. The highest BCUT2D eigenvalue weighted by Gasteiger charge is 2.46.